The first-order valence-corrected chi connectivity index (χ1v) is 5.05. The second kappa shape index (κ2) is 3.65. The van der Waals surface area contributed by atoms with Crippen LogP contribution in [-0.2, 0) is 0 Å². The Balaban J connectivity index is 2.10. The number of aryl methyl sites for hydroxylation is 1. The van der Waals surface area contributed by atoms with Crippen molar-refractivity contribution < 1.29 is 4.39 Å². The van der Waals surface area contributed by atoms with Gasteiger partial charge < -0.3 is 5.73 Å². The van der Waals surface area contributed by atoms with Gasteiger partial charge in [0.25, 0.3) is 0 Å². The molecule has 2 rings (SSSR count). The molecule has 1 heterocycles. The van der Waals surface area contributed by atoms with Crippen LogP contribution in [0.3, 0.4) is 0 Å². The summed E-state index contributed by atoms with van der Waals surface area (Å²) < 4.78 is 12.9. The van der Waals surface area contributed by atoms with E-state index in [-0.39, 0.29) is 11.9 Å². The Labute approximate surface area is 83.3 Å². The Hall–Kier alpha value is -0.960. The number of pyridine rings is 1. The molecule has 1 saturated carbocycles. The Bertz CT molecular complexity index is 334. The molecule has 1 aromatic rings. The average Bonchev–Trinajstić information content (AvgIpc) is 2.93. The van der Waals surface area contributed by atoms with E-state index in [1.165, 1.54) is 18.9 Å². The van der Waals surface area contributed by atoms with Crippen LogP contribution >= 0.6 is 0 Å². The summed E-state index contributed by atoms with van der Waals surface area (Å²) in [5.41, 5.74) is 7.22. The molecule has 0 bridgehead atoms. The molecule has 2 nitrogen and oxygen atoms in total. The third kappa shape index (κ3) is 2.10. The number of nitrogens with zero attached hydrogens (tertiary/aromatic N) is 1. The normalized spacial score (nSPS) is 18.2. The van der Waals surface area contributed by atoms with Crippen LogP contribution < -0.4 is 5.73 Å². The molecule has 0 aliphatic heterocycles. The summed E-state index contributed by atoms with van der Waals surface area (Å²) in [6, 6.07) is 3.11. The van der Waals surface area contributed by atoms with Gasteiger partial charge in [-0.2, -0.15) is 0 Å². The summed E-state index contributed by atoms with van der Waals surface area (Å²) in [7, 11) is 0. The zero-order chi connectivity index (χ0) is 10.1. The molecule has 1 fully saturated rings. The monoisotopic (exact) mass is 194 g/mol. The maximum Gasteiger partial charge on any atom is 0.144 e. The second-order valence-electron chi connectivity index (χ2n) is 4.09. The van der Waals surface area contributed by atoms with Crippen molar-refractivity contribution in [1.82, 2.24) is 4.98 Å². The van der Waals surface area contributed by atoms with Crippen LogP contribution in [0.1, 0.15) is 36.7 Å². The minimum Gasteiger partial charge on any atom is -0.323 e. The molecule has 14 heavy (non-hydrogen) atoms. The Morgan fingerprint density at radius 1 is 1.57 bits per heavy atom. The topological polar surface area (TPSA) is 38.9 Å². The fourth-order valence-electron chi connectivity index (χ4n) is 1.60. The highest BCUT2D eigenvalue weighted by molar-refractivity contribution is 5.15. The van der Waals surface area contributed by atoms with Crippen LogP contribution in [0.2, 0.25) is 0 Å². The van der Waals surface area contributed by atoms with E-state index in [1.807, 2.05) is 0 Å². The maximum atomic E-state index is 12.9. The molecular formula is C11H15FN2. The third-order valence-electron chi connectivity index (χ3n) is 2.71. The van der Waals surface area contributed by atoms with Crippen LogP contribution in [0, 0.1) is 18.7 Å². The van der Waals surface area contributed by atoms with Gasteiger partial charge in [-0.15, -0.1) is 0 Å². The van der Waals surface area contributed by atoms with Crippen molar-refractivity contribution in [3.63, 3.8) is 0 Å². The van der Waals surface area contributed by atoms with Crippen molar-refractivity contribution in [2.45, 2.75) is 32.2 Å². The van der Waals surface area contributed by atoms with Crippen molar-refractivity contribution in [3.8, 4) is 0 Å². The highest BCUT2D eigenvalue weighted by Gasteiger charge is 2.25. The summed E-state index contributed by atoms with van der Waals surface area (Å²) in [6.45, 7) is 1.67. The van der Waals surface area contributed by atoms with Gasteiger partial charge in [0.2, 0.25) is 0 Å². The predicted molar refractivity (Wildman–Crippen MR) is 53.2 cm³/mol. The third-order valence-corrected chi connectivity index (χ3v) is 2.71. The predicted octanol–water partition coefficient (Wildman–Crippen LogP) is 2.33. The van der Waals surface area contributed by atoms with E-state index in [9.17, 15) is 4.39 Å². The zero-order valence-corrected chi connectivity index (χ0v) is 8.33. The lowest BCUT2D eigenvalue weighted by molar-refractivity contribution is 0.567. The van der Waals surface area contributed by atoms with E-state index >= 15 is 0 Å². The minimum absolute atomic E-state index is 0.0261. The summed E-state index contributed by atoms with van der Waals surface area (Å²) >= 11 is 0. The number of hydrogen-bond acceptors (Lipinski definition) is 2. The van der Waals surface area contributed by atoms with Crippen molar-refractivity contribution in [2.75, 3.05) is 0 Å². The van der Waals surface area contributed by atoms with Gasteiger partial charge in [-0.25, -0.2) is 4.39 Å². The lowest BCUT2D eigenvalue weighted by atomic mass is 10.1. The van der Waals surface area contributed by atoms with E-state index in [1.54, 1.807) is 13.0 Å². The molecular weight excluding hydrogens is 179 g/mol. The number of nitrogens with two attached hydrogens (primary N) is 1. The van der Waals surface area contributed by atoms with E-state index in [0.717, 1.165) is 18.0 Å². The van der Waals surface area contributed by atoms with Gasteiger partial charge in [-0.05, 0) is 31.4 Å². The van der Waals surface area contributed by atoms with Crippen LogP contribution in [0.25, 0.3) is 0 Å². The first kappa shape index (κ1) is 9.59. The number of aromatic nitrogens is 1. The van der Waals surface area contributed by atoms with E-state index in [4.69, 9.17) is 5.73 Å². The largest absolute Gasteiger partial charge is 0.323 e. The smallest absolute Gasteiger partial charge is 0.144 e. The van der Waals surface area contributed by atoms with Crippen LogP contribution in [0.15, 0.2) is 12.1 Å². The van der Waals surface area contributed by atoms with Crippen LogP contribution in [0.5, 0.6) is 0 Å². The highest BCUT2D eigenvalue weighted by Crippen LogP contribution is 2.36. The van der Waals surface area contributed by atoms with Gasteiger partial charge >= 0.3 is 0 Å². The van der Waals surface area contributed by atoms with E-state index < -0.39 is 0 Å². The quantitative estimate of drug-likeness (QED) is 0.802. The first-order chi connectivity index (χ1) is 6.66. The minimum atomic E-state index is -0.257. The molecule has 1 aliphatic carbocycles. The van der Waals surface area contributed by atoms with Crippen LogP contribution in [-0.4, -0.2) is 4.98 Å². The number of rotatable bonds is 3. The number of halogens is 1. The molecule has 1 aliphatic rings. The Morgan fingerprint density at radius 3 is 2.86 bits per heavy atom. The van der Waals surface area contributed by atoms with Crippen molar-refractivity contribution in [3.05, 3.63) is 29.3 Å². The van der Waals surface area contributed by atoms with Gasteiger partial charge in [0.1, 0.15) is 5.82 Å². The molecule has 0 amide bonds. The summed E-state index contributed by atoms with van der Waals surface area (Å²) in [4.78, 5) is 4.15. The first-order valence-electron chi connectivity index (χ1n) is 5.05. The SMILES string of the molecule is Cc1nc(C(N)CC2CC2)ccc1F. The van der Waals surface area contributed by atoms with Gasteiger partial charge in [-0.3, -0.25) is 4.98 Å². The maximum absolute atomic E-state index is 12.9. The molecule has 0 spiro atoms. The molecule has 76 valence electrons. The molecule has 0 aromatic carbocycles. The fraction of sp³-hybridized carbons (Fsp3) is 0.545. The Kier molecular flexibility index (Phi) is 2.50. The average molecular weight is 194 g/mol. The van der Waals surface area contributed by atoms with Gasteiger partial charge in [-0.1, -0.05) is 12.8 Å². The molecule has 3 heteroatoms. The second-order valence-corrected chi connectivity index (χ2v) is 4.09. The van der Waals surface area contributed by atoms with Crippen molar-refractivity contribution >= 4 is 0 Å². The lowest BCUT2D eigenvalue weighted by Crippen LogP contribution is -2.13. The molecule has 2 N–H and O–H groups in total. The van der Waals surface area contributed by atoms with Gasteiger partial charge in [0.05, 0.1) is 11.4 Å². The van der Waals surface area contributed by atoms with Gasteiger partial charge in [0.15, 0.2) is 0 Å². The number of hydrogen-bond donors (Lipinski definition) is 1. The zero-order valence-electron chi connectivity index (χ0n) is 8.33. The summed E-state index contributed by atoms with van der Waals surface area (Å²) in [5, 5.41) is 0. The summed E-state index contributed by atoms with van der Waals surface area (Å²) in [5.74, 6) is 0.518. The molecule has 0 saturated heterocycles. The van der Waals surface area contributed by atoms with E-state index in [2.05, 4.69) is 4.98 Å². The molecule has 0 radical (unpaired) electrons. The lowest BCUT2D eigenvalue weighted by Gasteiger charge is -2.10. The van der Waals surface area contributed by atoms with E-state index in [0.29, 0.717) is 5.69 Å². The standard InChI is InChI=1S/C11H15FN2/c1-7-9(12)4-5-11(14-7)10(13)6-8-2-3-8/h4-5,8,10H,2-3,6,13H2,1H3. The Morgan fingerprint density at radius 2 is 2.29 bits per heavy atom. The van der Waals surface area contributed by atoms with Crippen molar-refractivity contribution in [2.24, 2.45) is 11.7 Å². The molecule has 1 unspecified atom stereocenters. The molecule has 1 aromatic heterocycles. The summed E-state index contributed by atoms with van der Waals surface area (Å²) in [6.07, 6.45) is 3.56. The fourth-order valence-corrected chi connectivity index (χ4v) is 1.60. The van der Waals surface area contributed by atoms with Crippen LogP contribution in [0.4, 0.5) is 4.39 Å². The van der Waals surface area contributed by atoms with Gasteiger partial charge in [0, 0.05) is 6.04 Å². The molecule has 1 atom stereocenters. The van der Waals surface area contributed by atoms with Crippen molar-refractivity contribution in [1.29, 1.82) is 0 Å². The highest BCUT2D eigenvalue weighted by atomic mass is 19.1.